The SMILES string of the molecule is CC(C)c1ccc(-c2csc(NC(=O)CN)n2)cc1. The highest BCUT2D eigenvalue weighted by Crippen LogP contribution is 2.26. The molecule has 1 aromatic carbocycles. The van der Waals surface area contributed by atoms with Gasteiger partial charge in [0, 0.05) is 10.9 Å². The van der Waals surface area contributed by atoms with Crippen LogP contribution >= 0.6 is 11.3 Å². The molecule has 0 aliphatic carbocycles. The van der Waals surface area contributed by atoms with E-state index in [2.05, 4.69) is 48.4 Å². The largest absolute Gasteiger partial charge is 0.322 e. The number of benzene rings is 1. The number of carbonyl (C=O) groups is 1. The van der Waals surface area contributed by atoms with E-state index in [9.17, 15) is 4.79 Å². The van der Waals surface area contributed by atoms with Gasteiger partial charge in [-0.1, -0.05) is 38.1 Å². The van der Waals surface area contributed by atoms with Crippen LogP contribution in [0.5, 0.6) is 0 Å². The molecule has 2 rings (SSSR count). The van der Waals surface area contributed by atoms with E-state index in [1.807, 2.05) is 5.38 Å². The molecule has 19 heavy (non-hydrogen) atoms. The van der Waals surface area contributed by atoms with Crippen molar-refractivity contribution < 1.29 is 4.79 Å². The minimum absolute atomic E-state index is 0.0298. The molecule has 1 heterocycles. The van der Waals surface area contributed by atoms with Crippen molar-refractivity contribution in [1.82, 2.24) is 4.98 Å². The highest BCUT2D eigenvalue weighted by molar-refractivity contribution is 7.14. The van der Waals surface area contributed by atoms with Crippen LogP contribution in [0.25, 0.3) is 11.3 Å². The Morgan fingerprint density at radius 1 is 1.37 bits per heavy atom. The van der Waals surface area contributed by atoms with Gasteiger partial charge in [-0.2, -0.15) is 0 Å². The molecule has 0 saturated heterocycles. The first-order valence-corrected chi connectivity index (χ1v) is 7.04. The van der Waals surface area contributed by atoms with E-state index < -0.39 is 0 Å². The Kier molecular flexibility index (Phi) is 4.29. The van der Waals surface area contributed by atoms with Crippen molar-refractivity contribution in [2.45, 2.75) is 19.8 Å². The van der Waals surface area contributed by atoms with Gasteiger partial charge >= 0.3 is 0 Å². The fourth-order valence-electron chi connectivity index (χ4n) is 1.67. The lowest BCUT2D eigenvalue weighted by molar-refractivity contribution is -0.114. The average Bonchev–Trinajstić information content (AvgIpc) is 2.87. The number of hydrogen-bond donors (Lipinski definition) is 2. The number of rotatable bonds is 4. The summed E-state index contributed by atoms with van der Waals surface area (Å²) in [7, 11) is 0. The maximum atomic E-state index is 11.2. The molecule has 0 atom stereocenters. The molecule has 0 radical (unpaired) electrons. The van der Waals surface area contributed by atoms with Crippen molar-refractivity contribution in [3.05, 3.63) is 35.2 Å². The number of aromatic nitrogens is 1. The second-order valence-electron chi connectivity index (χ2n) is 4.57. The molecule has 0 saturated carbocycles. The van der Waals surface area contributed by atoms with Crippen LogP contribution in [0.2, 0.25) is 0 Å². The summed E-state index contributed by atoms with van der Waals surface area (Å²) in [6.45, 7) is 4.30. The molecule has 0 spiro atoms. The summed E-state index contributed by atoms with van der Waals surface area (Å²) in [6.07, 6.45) is 0. The first-order valence-electron chi connectivity index (χ1n) is 6.16. The quantitative estimate of drug-likeness (QED) is 0.901. The normalized spacial score (nSPS) is 10.7. The summed E-state index contributed by atoms with van der Waals surface area (Å²) in [5.41, 5.74) is 8.47. The van der Waals surface area contributed by atoms with Crippen molar-refractivity contribution in [3.63, 3.8) is 0 Å². The van der Waals surface area contributed by atoms with Crippen LogP contribution in [0.1, 0.15) is 25.3 Å². The van der Waals surface area contributed by atoms with Gasteiger partial charge in [0.25, 0.3) is 0 Å². The molecule has 0 aliphatic rings. The Labute approximate surface area is 116 Å². The lowest BCUT2D eigenvalue weighted by atomic mass is 10.0. The van der Waals surface area contributed by atoms with Crippen molar-refractivity contribution in [2.75, 3.05) is 11.9 Å². The zero-order valence-electron chi connectivity index (χ0n) is 11.0. The van der Waals surface area contributed by atoms with Crippen LogP contribution in [0.15, 0.2) is 29.6 Å². The lowest BCUT2D eigenvalue weighted by Crippen LogP contribution is -2.21. The van der Waals surface area contributed by atoms with Gasteiger partial charge < -0.3 is 11.1 Å². The van der Waals surface area contributed by atoms with Gasteiger partial charge in [-0.25, -0.2) is 4.98 Å². The number of carbonyl (C=O) groups excluding carboxylic acids is 1. The minimum Gasteiger partial charge on any atom is -0.322 e. The smallest absolute Gasteiger partial charge is 0.239 e. The van der Waals surface area contributed by atoms with E-state index in [1.165, 1.54) is 16.9 Å². The van der Waals surface area contributed by atoms with Gasteiger partial charge in [0.2, 0.25) is 5.91 Å². The first-order chi connectivity index (χ1) is 9.10. The standard InChI is InChI=1S/C14H17N3OS/c1-9(2)10-3-5-11(6-4-10)12-8-19-14(16-12)17-13(18)7-15/h3-6,8-9H,7,15H2,1-2H3,(H,16,17,18). The maximum Gasteiger partial charge on any atom is 0.239 e. The second-order valence-corrected chi connectivity index (χ2v) is 5.43. The van der Waals surface area contributed by atoms with Gasteiger partial charge in [-0.3, -0.25) is 4.79 Å². The van der Waals surface area contributed by atoms with Crippen LogP contribution in [-0.2, 0) is 4.79 Å². The van der Waals surface area contributed by atoms with Crippen molar-refractivity contribution in [1.29, 1.82) is 0 Å². The molecule has 0 fully saturated rings. The van der Waals surface area contributed by atoms with E-state index in [0.29, 0.717) is 11.0 Å². The molecular formula is C14H17N3OS. The van der Waals surface area contributed by atoms with Crippen LogP contribution in [0.3, 0.4) is 0 Å². The summed E-state index contributed by atoms with van der Waals surface area (Å²) in [6, 6.07) is 8.33. The Balaban J connectivity index is 2.16. The molecule has 1 aromatic heterocycles. The highest BCUT2D eigenvalue weighted by atomic mass is 32.1. The average molecular weight is 275 g/mol. The maximum absolute atomic E-state index is 11.2. The third-order valence-corrected chi connectivity index (χ3v) is 3.57. The molecule has 2 aromatic rings. The fourth-order valence-corrected chi connectivity index (χ4v) is 2.41. The molecular weight excluding hydrogens is 258 g/mol. The fraction of sp³-hybridized carbons (Fsp3) is 0.286. The van der Waals surface area contributed by atoms with E-state index in [1.54, 1.807) is 0 Å². The third kappa shape index (κ3) is 3.39. The number of hydrogen-bond acceptors (Lipinski definition) is 4. The zero-order valence-corrected chi connectivity index (χ0v) is 11.8. The van der Waals surface area contributed by atoms with Crippen LogP contribution in [0.4, 0.5) is 5.13 Å². The topological polar surface area (TPSA) is 68.0 Å². The number of amides is 1. The van der Waals surface area contributed by atoms with Crippen LogP contribution in [0, 0.1) is 0 Å². The Morgan fingerprint density at radius 2 is 2.05 bits per heavy atom. The van der Waals surface area contributed by atoms with Gasteiger partial charge in [-0.05, 0) is 11.5 Å². The summed E-state index contributed by atoms with van der Waals surface area (Å²) in [4.78, 5) is 15.6. The lowest BCUT2D eigenvalue weighted by Gasteiger charge is -2.05. The third-order valence-electron chi connectivity index (χ3n) is 2.81. The number of nitrogens with two attached hydrogens (primary N) is 1. The molecule has 1 amide bonds. The van der Waals surface area contributed by atoms with Crippen molar-refractivity contribution in [2.24, 2.45) is 5.73 Å². The van der Waals surface area contributed by atoms with Gasteiger partial charge in [0.05, 0.1) is 12.2 Å². The predicted octanol–water partition coefficient (Wildman–Crippen LogP) is 2.83. The molecule has 5 heteroatoms. The summed E-state index contributed by atoms with van der Waals surface area (Å²) >= 11 is 1.40. The molecule has 4 nitrogen and oxygen atoms in total. The Hall–Kier alpha value is -1.72. The molecule has 100 valence electrons. The minimum atomic E-state index is -0.226. The number of thiazole rings is 1. The summed E-state index contributed by atoms with van der Waals surface area (Å²) in [5, 5.41) is 5.16. The van der Waals surface area contributed by atoms with E-state index in [4.69, 9.17) is 5.73 Å². The highest BCUT2D eigenvalue weighted by Gasteiger charge is 2.07. The number of anilines is 1. The number of nitrogens with one attached hydrogen (secondary N) is 1. The van der Waals surface area contributed by atoms with E-state index in [-0.39, 0.29) is 12.5 Å². The van der Waals surface area contributed by atoms with Crippen LogP contribution in [-0.4, -0.2) is 17.4 Å². The first kappa shape index (κ1) is 13.7. The molecule has 0 aliphatic heterocycles. The van der Waals surface area contributed by atoms with Gasteiger partial charge in [-0.15, -0.1) is 11.3 Å². The van der Waals surface area contributed by atoms with E-state index in [0.717, 1.165) is 11.3 Å². The zero-order chi connectivity index (χ0) is 13.8. The summed E-state index contributed by atoms with van der Waals surface area (Å²) in [5.74, 6) is 0.292. The second kappa shape index (κ2) is 5.95. The predicted molar refractivity (Wildman–Crippen MR) is 79.3 cm³/mol. The van der Waals surface area contributed by atoms with Crippen molar-refractivity contribution >= 4 is 22.4 Å². The molecule has 0 unspecified atom stereocenters. The van der Waals surface area contributed by atoms with E-state index >= 15 is 0 Å². The van der Waals surface area contributed by atoms with Gasteiger partial charge in [0.15, 0.2) is 5.13 Å². The molecule has 3 N–H and O–H groups in total. The molecule has 0 bridgehead atoms. The summed E-state index contributed by atoms with van der Waals surface area (Å²) < 4.78 is 0. The Morgan fingerprint density at radius 3 is 2.63 bits per heavy atom. The van der Waals surface area contributed by atoms with Crippen LogP contribution < -0.4 is 11.1 Å². The monoisotopic (exact) mass is 275 g/mol. The Bertz CT molecular complexity index is 560. The van der Waals surface area contributed by atoms with Crippen molar-refractivity contribution in [3.8, 4) is 11.3 Å². The number of nitrogens with zero attached hydrogens (tertiary/aromatic N) is 1. The van der Waals surface area contributed by atoms with Gasteiger partial charge in [0.1, 0.15) is 0 Å².